The van der Waals surface area contributed by atoms with Gasteiger partial charge in [0.05, 0.1) is 12.2 Å². The number of nitriles is 1. The first-order valence-electron chi connectivity index (χ1n) is 6.23. The van der Waals surface area contributed by atoms with Crippen molar-refractivity contribution in [1.29, 1.82) is 5.26 Å². The molecule has 0 bridgehead atoms. The van der Waals surface area contributed by atoms with E-state index in [1.54, 1.807) is 39.0 Å². The molecule has 0 saturated carbocycles. The molecule has 0 saturated heterocycles. The number of carbonyl (C=O) groups excluding carboxylic acids is 1. The van der Waals surface area contributed by atoms with Gasteiger partial charge in [-0.25, -0.2) is 9.78 Å². The molecule has 0 aliphatic heterocycles. The maximum atomic E-state index is 11.4. The average molecular weight is 263 g/mol. The van der Waals surface area contributed by atoms with Crippen molar-refractivity contribution < 1.29 is 9.53 Å². The fourth-order valence-electron chi connectivity index (χ4n) is 1.12. The Balaban J connectivity index is 0.00000154. The Hall–Kier alpha value is -2.09. The van der Waals surface area contributed by atoms with Gasteiger partial charge in [0.1, 0.15) is 17.4 Å². The molecule has 1 amide bonds. The van der Waals surface area contributed by atoms with Crippen LogP contribution in [-0.2, 0) is 11.3 Å². The standard InChI is InChI=1S/C12H15N3O2.C2H6/c1-12(2,3)17-11(16)14-8-10-6-4-5-9(7-13)15-10;1-2/h4-6H,8H2,1-3H3,(H,14,16);1-2H3. The van der Waals surface area contributed by atoms with Gasteiger partial charge in [-0.15, -0.1) is 0 Å². The van der Waals surface area contributed by atoms with Crippen LogP contribution < -0.4 is 5.32 Å². The minimum Gasteiger partial charge on any atom is -0.444 e. The average Bonchev–Trinajstić information content (AvgIpc) is 2.37. The van der Waals surface area contributed by atoms with Gasteiger partial charge in [-0.1, -0.05) is 19.9 Å². The lowest BCUT2D eigenvalue weighted by molar-refractivity contribution is 0.0523. The summed E-state index contributed by atoms with van der Waals surface area (Å²) in [5, 5.41) is 11.2. The van der Waals surface area contributed by atoms with Crippen LogP contribution in [0.25, 0.3) is 0 Å². The molecule has 1 aromatic rings. The number of hydrogen-bond donors (Lipinski definition) is 1. The summed E-state index contributed by atoms with van der Waals surface area (Å²) in [6, 6.07) is 7.00. The number of hydrogen-bond acceptors (Lipinski definition) is 4. The highest BCUT2D eigenvalue weighted by Crippen LogP contribution is 2.06. The minimum atomic E-state index is -0.522. The normalized spacial score (nSPS) is 9.68. The zero-order valence-corrected chi connectivity index (χ0v) is 12.2. The van der Waals surface area contributed by atoms with Gasteiger partial charge in [0.15, 0.2) is 0 Å². The van der Waals surface area contributed by atoms with Crippen molar-refractivity contribution in [2.24, 2.45) is 0 Å². The number of pyridine rings is 1. The number of carbonyl (C=O) groups is 1. The van der Waals surface area contributed by atoms with Crippen LogP contribution in [0.1, 0.15) is 46.0 Å². The summed E-state index contributed by atoms with van der Waals surface area (Å²) < 4.78 is 5.07. The van der Waals surface area contributed by atoms with E-state index in [-0.39, 0.29) is 6.54 Å². The molecule has 0 unspecified atom stereocenters. The van der Waals surface area contributed by atoms with Gasteiger partial charge in [-0.05, 0) is 32.9 Å². The monoisotopic (exact) mass is 263 g/mol. The first-order chi connectivity index (χ1) is 8.90. The van der Waals surface area contributed by atoms with Crippen LogP contribution in [-0.4, -0.2) is 16.7 Å². The molecule has 0 fully saturated rings. The molecule has 1 heterocycles. The number of amides is 1. The van der Waals surface area contributed by atoms with Crippen LogP contribution in [0.2, 0.25) is 0 Å². The van der Waals surface area contributed by atoms with Gasteiger partial charge >= 0.3 is 6.09 Å². The Labute approximate surface area is 114 Å². The van der Waals surface area contributed by atoms with Crippen LogP contribution in [0.15, 0.2) is 18.2 Å². The van der Waals surface area contributed by atoms with E-state index in [0.717, 1.165) is 0 Å². The Morgan fingerprint density at radius 3 is 2.58 bits per heavy atom. The summed E-state index contributed by atoms with van der Waals surface area (Å²) in [7, 11) is 0. The third kappa shape index (κ3) is 7.77. The Kier molecular flexibility index (Phi) is 7.20. The van der Waals surface area contributed by atoms with Gasteiger partial charge in [-0.2, -0.15) is 5.26 Å². The maximum absolute atomic E-state index is 11.4. The van der Waals surface area contributed by atoms with E-state index >= 15 is 0 Å². The Morgan fingerprint density at radius 2 is 2.05 bits per heavy atom. The quantitative estimate of drug-likeness (QED) is 0.890. The highest BCUT2D eigenvalue weighted by molar-refractivity contribution is 5.67. The van der Waals surface area contributed by atoms with E-state index in [0.29, 0.717) is 11.4 Å². The Morgan fingerprint density at radius 1 is 1.42 bits per heavy atom. The number of alkyl carbamates (subject to hydrolysis) is 1. The molecule has 0 aromatic carbocycles. The fraction of sp³-hybridized carbons (Fsp3) is 0.500. The van der Waals surface area contributed by atoms with Crippen molar-refractivity contribution in [1.82, 2.24) is 10.3 Å². The van der Waals surface area contributed by atoms with Gasteiger partial charge in [0.25, 0.3) is 0 Å². The third-order valence-electron chi connectivity index (χ3n) is 1.73. The number of ether oxygens (including phenoxy) is 1. The van der Waals surface area contributed by atoms with E-state index in [2.05, 4.69) is 10.3 Å². The molecule has 0 aliphatic carbocycles. The molecule has 1 N–H and O–H groups in total. The molecule has 104 valence electrons. The van der Waals surface area contributed by atoms with Crippen LogP contribution >= 0.6 is 0 Å². The number of rotatable bonds is 2. The van der Waals surface area contributed by atoms with E-state index in [1.165, 1.54) is 0 Å². The van der Waals surface area contributed by atoms with E-state index < -0.39 is 11.7 Å². The molecule has 5 heteroatoms. The highest BCUT2D eigenvalue weighted by atomic mass is 16.6. The second kappa shape index (κ2) is 8.09. The fourth-order valence-corrected chi connectivity index (χ4v) is 1.12. The molecular formula is C14H21N3O2. The van der Waals surface area contributed by atoms with Crippen molar-refractivity contribution in [2.45, 2.75) is 46.8 Å². The third-order valence-corrected chi connectivity index (χ3v) is 1.73. The van der Waals surface area contributed by atoms with Gasteiger partial charge < -0.3 is 10.1 Å². The van der Waals surface area contributed by atoms with Gasteiger partial charge in [0, 0.05) is 0 Å². The number of aromatic nitrogens is 1. The molecule has 0 atom stereocenters. The van der Waals surface area contributed by atoms with Crippen LogP contribution in [0.3, 0.4) is 0 Å². The first kappa shape index (κ1) is 16.9. The van der Waals surface area contributed by atoms with Crippen molar-refractivity contribution >= 4 is 6.09 Å². The molecular weight excluding hydrogens is 242 g/mol. The lowest BCUT2D eigenvalue weighted by Crippen LogP contribution is -2.32. The van der Waals surface area contributed by atoms with Crippen molar-refractivity contribution in [3.8, 4) is 6.07 Å². The smallest absolute Gasteiger partial charge is 0.407 e. The molecule has 5 nitrogen and oxygen atoms in total. The summed E-state index contributed by atoms with van der Waals surface area (Å²) in [4.78, 5) is 15.4. The second-order valence-electron chi connectivity index (χ2n) is 4.48. The SMILES string of the molecule is CC.CC(C)(C)OC(=O)NCc1cccc(C#N)n1. The van der Waals surface area contributed by atoms with Crippen molar-refractivity contribution in [3.05, 3.63) is 29.6 Å². The lowest BCUT2D eigenvalue weighted by atomic mass is 10.2. The summed E-state index contributed by atoms with van der Waals surface area (Å²) in [6.07, 6.45) is -0.498. The molecule has 1 rings (SSSR count). The van der Waals surface area contributed by atoms with E-state index in [4.69, 9.17) is 10.00 Å². The topological polar surface area (TPSA) is 75.0 Å². The summed E-state index contributed by atoms with van der Waals surface area (Å²) in [5.74, 6) is 0. The maximum Gasteiger partial charge on any atom is 0.407 e. The van der Waals surface area contributed by atoms with Gasteiger partial charge in [0.2, 0.25) is 0 Å². The predicted octanol–water partition coefficient (Wildman–Crippen LogP) is 3.00. The molecule has 0 spiro atoms. The zero-order valence-electron chi connectivity index (χ0n) is 12.2. The molecule has 0 radical (unpaired) electrons. The first-order valence-corrected chi connectivity index (χ1v) is 6.23. The molecule has 0 aliphatic rings. The number of nitrogens with one attached hydrogen (secondary N) is 1. The largest absolute Gasteiger partial charge is 0.444 e. The summed E-state index contributed by atoms with van der Waals surface area (Å²) in [5.41, 5.74) is 0.426. The Bertz CT molecular complexity index is 445. The van der Waals surface area contributed by atoms with E-state index in [9.17, 15) is 4.79 Å². The predicted molar refractivity (Wildman–Crippen MR) is 73.4 cm³/mol. The lowest BCUT2D eigenvalue weighted by Gasteiger charge is -2.19. The zero-order chi connectivity index (χ0) is 14.9. The summed E-state index contributed by atoms with van der Waals surface area (Å²) in [6.45, 7) is 9.62. The summed E-state index contributed by atoms with van der Waals surface area (Å²) >= 11 is 0. The second-order valence-corrected chi connectivity index (χ2v) is 4.48. The molecule has 19 heavy (non-hydrogen) atoms. The van der Waals surface area contributed by atoms with E-state index in [1.807, 2.05) is 19.9 Å². The highest BCUT2D eigenvalue weighted by Gasteiger charge is 2.15. The minimum absolute atomic E-state index is 0.241. The molecule has 1 aromatic heterocycles. The van der Waals surface area contributed by atoms with Crippen LogP contribution in [0.4, 0.5) is 4.79 Å². The van der Waals surface area contributed by atoms with Crippen molar-refractivity contribution in [3.63, 3.8) is 0 Å². The van der Waals surface area contributed by atoms with Crippen molar-refractivity contribution in [2.75, 3.05) is 0 Å². The van der Waals surface area contributed by atoms with Gasteiger partial charge in [-0.3, -0.25) is 0 Å². The van der Waals surface area contributed by atoms with Crippen LogP contribution in [0, 0.1) is 11.3 Å². The van der Waals surface area contributed by atoms with Crippen LogP contribution in [0.5, 0.6) is 0 Å². The number of nitrogens with zero attached hydrogens (tertiary/aromatic N) is 2.